The molecule has 0 fully saturated rings. The first-order valence-electron chi connectivity index (χ1n) is 5.69. The van der Waals surface area contributed by atoms with E-state index < -0.39 is 0 Å². The molecular formula is C15H8ClNO. The van der Waals surface area contributed by atoms with Crippen LogP contribution in [0.3, 0.4) is 0 Å². The number of halogens is 1. The number of aromatic nitrogens is 1. The van der Waals surface area contributed by atoms with E-state index in [1.54, 1.807) is 0 Å². The van der Waals surface area contributed by atoms with Crippen molar-refractivity contribution in [3.63, 3.8) is 0 Å². The van der Waals surface area contributed by atoms with Crippen LogP contribution in [0.1, 0.15) is 0 Å². The Hall–Kier alpha value is -2.06. The van der Waals surface area contributed by atoms with Gasteiger partial charge in [0.15, 0.2) is 5.58 Å². The zero-order valence-corrected chi connectivity index (χ0v) is 10.1. The van der Waals surface area contributed by atoms with Crippen molar-refractivity contribution in [2.24, 2.45) is 0 Å². The summed E-state index contributed by atoms with van der Waals surface area (Å²) in [6.07, 6.45) is 1.85. The van der Waals surface area contributed by atoms with E-state index in [0.29, 0.717) is 5.02 Å². The summed E-state index contributed by atoms with van der Waals surface area (Å²) in [5.74, 6) is 0. The molecule has 0 aliphatic rings. The Bertz CT molecular complexity index is 895. The zero-order chi connectivity index (χ0) is 12.1. The summed E-state index contributed by atoms with van der Waals surface area (Å²) in [5, 5.41) is 3.66. The summed E-state index contributed by atoms with van der Waals surface area (Å²) in [6, 6.07) is 13.7. The number of furan rings is 1. The number of hydrogen-bond acceptors (Lipinski definition) is 2. The van der Waals surface area contributed by atoms with Crippen LogP contribution < -0.4 is 0 Å². The number of fused-ring (bicyclic) bond motifs is 5. The molecule has 2 nitrogen and oxygen atoms in total. The SMILES string of the molecule is Clc1cccc2c1oc1c3ccccc3ncc21. The lowest BCUT2D eigenvalue weighted by Crippen LogP contribution is -1.77. The summed E-state index contributed by atoms with van der Waals surface area (Å²) < 4.78 is 5.92. The second-order valence-electron chi connectivity index (χ2n) is 4.24. The Balaban J connectivity index is 2.33. The van der Waals surface area contributed by atoms with Crippen LogP contribution in [0.25, 0.3) is 32.8 Å². The fraction of sp³-hybridized carbons (Fsp3) is 0. The summed E-state index contributed by atoms with van der Waals surface area (Å²) in [5.41, 5.74) is 2.51. The van der Waals surface area contributed by atoms with Gasteiger partial charge < -0.3 is 4.42 Å². The molecule has 0 unspecified atom stereocenters. The Kier molecular flexibility index (Phi) is 1.91. The van der Waals surface area contributed by atoms with Crippen molar-refractivity contribution >= 4 is 44.4 Å². The maximum Gasteiger partial charge on any atom is 0.154 e. The van der Waals surface area contributed by atoms with Crippen LogP contribution >= 0.6 is 11.6 Å². The normalized spacial score (nSPS) is 11.6. The molecule has 18 heavy (non-hydrogen) atoms. The maximum atomic E-state index is 6.17. The highest BCUT2D eigenvalue weighted by molar-refractivity contribution is 6.36. The third kappa shape index (κ3) is 1.21. The van der Waals surface area contributed by atoms with Crippen LogP contribution in [0.4, 0.5) is 0 Å². The van der Waals surface area contributed by atoms with Crippen LogP contribution in [-0.4, -0.2) is 4.98 Å². The number of hydrogen-bond donors (Lipinski definition) is 0. The number of nitrogens with zero attached hydrogens (tertiary/aromatic N) is 1. The van der Waals surface area contributed by atoms with Gasteiger partial charge in [-0.05, 0) is 18.2 Å². The van der Waals surface area contributed by atoms with E-state index in [0.717, 1.165) is 32.8 Å². The number of benzene rings is 2. The smallest absolute Gasteiger partial charge is 0.154 e. The molecule has 0 amide bonds. The molecule has 4 aromatic rings. The molecule has 0 saturated carbocycles. The molecule has 2 heterocycles. The molecule has 86 valence electrons. The Morgan fingerprint density at radius 2 is 1.67 bits per heavy atom. The van der Waals surface area contributed by atoms with Gasteiger partial charge in [-0.25, -0.2) is 0 Å². The Labute approximate surface area is 108 Å². The quantitative estimate of drug-likeness (QED) is 0.450. The molecule has 3 heteroatoms. The van der Waals surface area contributed by atoms with E-state index in [9.17, 15) is 0 Å². The van der Waals surface area contributed by atoms with Crippen molar-refractivity contribution in [1.82, 2.24) is 4.98 Å². The molecule has 2 aromatic carbocycles. The average molecular weight is 254 g/mol. The van der Waals surface area contributed by atoms with E-state index in [1.165, 1.54) is 0 Å². The number of rotatable bonds is 0. The second kappa shape index (κ2) is 3.47. The number of pyridine rings is 1. The van der Waals surface area contributed by atoms with Crippen molar-refractivity contribution < 1.29 is 4.42 Å². The Morgan fingerprint density at radius 3 is 2.61 bits per heavy atom. The molecule has 0 spiro atoms. The predicted octanol–water partition coefficient (Wildman–Crippen LogP) is 4.79. The van der Waals surface area contributed by atoms with Gasteiger partial charge in [-0.2, -0.15) is 0 Å². The minimum absolute atomic E-state index is 0.632. The topological polar surface area (TPSA) is 26.0 Å². The first-order chi connectivity index (χ1) is 8.84. The molecule has 0 N–H and O–H groups in total. The lowest BCUT2D eigenvalue weighted by Gasteiger charge is -1.96. The summed E-state index contributed by atoms with van der Waals surface area (Å²) in [7, 11) is 0. The highest BCUT2D eigenvalue weighted by Gasteiger charge is 2.12. The highest BCUT2D eigenvalue weighted by Crippen LogP contribution is 2.35. The van der Waals surface area contributed by atoms with Crippen molar-refractivity contribution in [3.05, 3.63) is 53.7 Å². The van der Waals surface area contributed by atoms with Gasteiger partial charge in [-0.1, -0.05) is 35.9 Å². The van der Waals surface area contributed by atoms with Gasteiger partial charge in [0.05, 0.1) is 10.5 Å². The Morgan fingerprint density at radius 1 is 0.833 bits per heavy atom. The van der Waals surface area contributed by atoms with Gasteiger partial charge in [-0.3, -0.25) is 4.98 Å². The van der Waals surface area contributed by atoms with Gasteiger partial charge in [0.25, 0.3) is 0 Å². The van der Waals surface area contributed by atoms with Crippen LogP contribution in [0.5, 0.6) is 0 Å². The average Bonchev–Trinajstić information content (AvgIpc) is 2.79. The molecule has 0 atom stereocenters. The molecule has 0 aliphatic carbocycles. The van der Waals surface area contributed by atoms with Gasteiger partial charge in [-0.15, -0.1) is 0 Å². The molecular weight excluding hydrogens is 246 g/mol. The van der Waals surface area contributed by atoms with Gasteiger partial charge >= 0.3 is 0 Å². The van der Waals surface area contributed by atoms with Crippen LogP contribution in [0, 0.1) is 0 Å². The predicted molar refractivity (Wildman–Crippen MR) is 74.0 cm³/mol. The fourth-order valence-corrected chi connectivity index (χ4v) is 2.56. The van der Waals surface area contributed by atoms with Crippen LogP contribution in [0.2, 0.25) is 5.02 Å². The zero-order valence-electron chi connectivity index (χ0n) is 9.35. The van der Waals surface area contributed by atoms with Crippen molar-refractivity contribution in [2.75, 3.05) is 0 Å². The molecule has 0 saturated heterocycles. The van der Waals surface area contributed by atoms with Crippen molar-refractivity contribution in [2.45, 2.75) is 0 Å². The minimum Gasteiger partial charge on any atom is -0.454 e. The third-order valence-corrected chi connectivity index (χ3v) is 3.48. The van der Waals surface area contributed by atoms with Crippen LogP contribution in [0.15, 0.2) is 53.1 Å². The van der Waals surface area contributed by atoms with E-state index >= 15 is 0 Å². The van der Waals surface area contributed by atoms with E-state index in [2.05, 4.69) is 4.98 Å². The largest absolute Gasteiger partial charge is 0.454 e. The van der Waals surface area contributed by atoms with Gasteiger partial charge in [0, 0.05) is 22.4 Å². The van der Waals surface area contributed by atoms with Gasteiger partial charge in [0.2, 0.25) is 0 Å². The van der Waals surface area contributed by atoms with E-state index in [4.69, 9.17) is 16.0 Å². The first-order valence-corrected chi connectivity index (χ1v) is 6.07. The number of para-hydroxylation sites is 2. The van der Waals surface area contributed by atoms with E-state index in [-0.39, 0.29) is 0 Å². The minimum atomic E-state index is 0.632. The lowest BCUT2D eigenvalue weighted by molar-refractivity contribution is 0.672. The van der Waals surface area contributed by atoms with Crippen molar-refractivity contribution in [1.29, 1.82) is 0 Å². The van der Waals surface area contributed by atoms with Gasteiger partial charge in [0.1, 0.15) is 5.58 Å². The second-order valence-corrected chi connectivity index (χ2v) is 4.64. The van der Waals surface area contributed by atoms with Crippen molar-refractivity contribution in [3.8, 4) is 0 Å². The molecule has 0 radical (unpaired) electrons. The fourth-order valence-electron chi connectivity index (χ4n) is 2.34. The third-order valence-electron chi connectivity index (χ3n) is 3.19. The standard InChI is InChI=1S/C15H8ClNO/c16-12-6-3-5-9-11-8-17-13-7-2-1-4-10(13)14(11)18-15(9)12/h1-8H. The molecule has 0 bridgehead atoms. The maximum absolute atomic E-state index is 6.17. The molecule has 4 rings (SSSR count). The van der Waals surface area contributed by atoms with Crippen LogP contribution in [-0.2, 0) is 0 Å². The first kappa shape index (κ1) is 9.92. The summed E-state index contributed by atoms with van der Waals surface area (Å²) in [4.78, 5) is 4.46. The lowest BCUT2D eigenvalue weighted by atomic mass is 10.1. The molecule has 0 aliphatic heterocycles. The monoisotopic (exact) mass is 253 g/mol. The highest BCUT2D eigenvalue weighted by atomic mass is 35.5. The molecule has 2 aromatic heterocycles. The van der Waals surface area contributed by atoms with E-state index in [1.807, 2.05) is 48.7 Å². The summed E-state index contributed by atoms with van der Waals surface area (Å²) >= 11 is 6.17. The summed E-state index contributed by atoms with van der Waals surface area (Å²) in [6.45, 7) is 0.